The van der Waals surface area contributed by atoms with Gasteiger partial charge in [-0.2, -0.15) is 0 Å². The van der Waals surface area contributed by atoms with Gasteiger partial charge >= 0.3 is 0 Å². The summed E-state index contributed by atoms with van der Waals surface area (Å²) >= 11 is 0. The van der Waals surface area contributed by atoms with E-state index in [1.165, 1.54) is 12.8 Å². The molecule has 1 heterocycles. The summed E-state index contributed by atoms with van der Waals surface area (Å²) in [6, 6.07) is -0.332. The van der Waals surface area contributed by atoms with Crippen molar-refractivity contribution in [3.63, 3.8) is 0 Å². The highest BCUT2D eigenvalue weighted by atomic mass is 16.2. The van der Waals surface area contributed by atoms with Gasteiger partial charge in [-0.05, 0) is 39.5 Å². The van der Waals surface area contributed by atoms with E-state index in [1.54, 1.807) is 11.8 Å². The van der Waals surface area contributed by atoms with Crippen LogP contribution >= 0.6 is 0 Å². The molecule has 1 N–H and O–H groups in total. The van der Waals surface area contributed by atoms with Crippen molar-refractivity contribution in [1.82, 2.24) is 10.2 Å². The number of hydrogen-bond donors (Lipinski definition) is 1. The molecule has 2 fully saturated rings. The fourth-order valence-corrected chi connectivity index (χ4v) is 2.54. The number of carbonyl (C=O) groups is 2. The Morgan fingerprint density at radius 2 is 1.93 bits per heavy atom. The van der Waals surface area contributed by atoms with Crippen LogP contribution in [0.15, 0.2) is 0 Å². The Kier molecular flexibility index (Phi) is 2.24. The van der Waals surface area contributed by atoms with E-state index < -0.39 is 0 Å². The smallest absolute Gasteiger partial charge is 0.243 e. The maximum absolute atomic E-state index is 11.8. The fraction of sp³-hybridized carbons (Fsp3) is 0.818. The molecule has 4 nitrogen and oxygen atoms in total. The van der Waals surface area contributed by atoms with Gasteiger partial charge in [0.05, 0.1) is 6.54 Å². The van der Waals surface area contributed by atoms with E-state index in [9.17, 15) is 9.59 Å². The number of amides is 2. The molecule has 15 heavy (non-hydrogen) atoms. The van der Waals surface area contributed by atoms with Gasteiger partial charge in [0.25, 0.3) is 0 Å². The van der Waals surface area contributed by atoms with Crippen molar-refractivity contribution in [2.45, 2.75) is 45.2 Å². The Hall–Kier alpha value is -1.06. The highest BCUT2D eigenvalue weighted by molar-refractivity contribution is 5.95. The molecule has 84 valence electrons. The second-order valence-electron chi connectivity index (χ2n) is 5.09. The minimum Gasteiger partial charge on any atom is -0.345 e. The summed E-state index contributed by atoms with van der Waals surface area (Å²) in [5.41, 5.74) is -0.172. The topological polar surface area (TPSA) is 49.4 Å². The maximum Gasteiger partial charge on any atom is 0.243 e. The van der Waals surface area contributed by atoms with Gasteiger partial charge < -0.3 is 10.2 Å². The molecule has 0 aromatic heterocycles. The molecule has 0 aromatic carbocycles. The van der Waals surface area contributed by atoms with Crippen molar-refractivity contribution in [1.29, 1.82) is 0 Å². The summed E-state index contributed by atoms with van der Waals surface area (Å²) in [7, 11) is 0. The highest BCUT2D eigenvalue weighted by Crippen LogP contribution is 2.43. The zero-order valence-corrected chi connectivity index (χ0v) is 9.54. The molecular formula is C11H18N2O2. The molecule has 0 spiro atoms. The molecule has 2 rings (SSSR count). The Morgan fingerprint density at radius 1 is 1.33 bits per heavy atom. The predicted molar refractivity (Wildman–Crippen MR) is 56.1 cm³/mol. The minimum atomic E-state index is -0.332. The lowest BCUT2D eigenvalue weighted by Crippen LogP contribution is -2.64. The van der Waals surface area contributed by atoms with Crippen LogP contribution in [0, 0.1) is 5.92 Å². The van der Waals surface area contributed by atoms with Crippen LogP contribution in [-0.4, -0.2) is 34.8 Å². The van der Waals surface area contributed by atoms with Crippen LogP contribution in [0.2, 0.25) is 0 Å². The average molecular weight is 210 g/mol. The molecule has 1 saturated carbocycles. The lowest BCUT2D eigenvalue weighted by Gasteiger charge is -2.44. The van der Waals surface area contributed by atoms with Crippen LogP contribution in [0.3, 0.4) is 0 Å². The summed E-state index contributed by atoms with van der Waals surface area (Å²) in [6.45, 7) is 6.09. The molecule has 1 saturated heterocycles. The standard InChI is InChI=1S/C11H18N2O2/c1-7-10(15)12-6-9(14)13(7)11(2,3)8-4-5-8/h7-8H,4-6H2,1-3H3,(H,12,15). The quantitative estimate of drug-likeness (QED) is 0.722. The number of nitrogens with one attached hydrogen (secondary N) is 1. The van der Waals surface area contributed by atoms with E-state index in [2.05, 4.69) is 19.2 Å². The third kappa shape index (κ3) is 1.62. The Morgan fingerprint density at radius 3 is 2.47 bits per heavy atom. The lowest BCUT2D eigenvalue weighted by atomic mass is 9.93. The van der Waals surface area contributed by atoms with Gasteiger partial charge in [0.2, 0.25) is 11.8 Å². The first kappa shape index (κ1) is 10.5. The van der Waals surface area contributed by atoms with Crippen LogP contribution in [0.1, 0.15) is 33.6 Å². The molecule has 0 radical (unpaired) electrons. The fourth-order valence-electron chi connectivity index (χ4n) is 2.54. The molecule has 2 aliphatic rings. The third-order valence-corrected chi connectivity index (χ3v) is 3.65. The average Bonchev–Trinajstić information content (AvgIpc) is 2.94. The number of hydrogen-bond acceptors (Lipinski definition) is 2. The van der Waals surface area contributed by atoms with E-state index in [0.29, 0.717) is 5.92 Å². The van der Waals surface area contributed by atoms with Crippen molar-refractivity contribution >= 4 is 11.8 Å². The SMILES string of the molecule is CC1C(=O)NCC(=O)N1C(C)(C)C1CC1. The minimum absolute atomic E-state index is 0.0386. The zero-order valence-electron chi connectivity index (χ0n) is 9.54. The van der Waals surface area contributed by atoms with Crippen molar-refractivity contribution < 1.29 is 9.59 Å². The van der Waals surface area contributed by atoms with Crippen LogP contribution in [-0.2, 0) is 9.59 Å². The third-order valence-electron chi connectivity index (χ3n) is 3.65. The van der Waals surface area contributed by atoms with Gasteiger partial charge in [-0.1, -0.05) is 0 Å². The van der Waals surface area contributed by atoms with Crippen molar-refractivity contribution in [3.8, 4) is 0 Å². The molecule has 1 unspecified atom stereocenters. The number of piperazine rings is 1. The van der Waals surface area contributed by atoms with Gasteiger partial charge in [0, 0.05) is 5.54 Å². The van der Waals surface area contributed by atoms with Crippen LogP contribution in [0.5, 0.6) is 0 Å². The van der Waals surface area contributed by atoms with Crippen LogP contribution < -0.4 is 5.32 Å². The Bertz CT molecular complexity index is 308. The molecule has 1 aliphatic carbocycles. The lowest BCUT2D eigenvalue weighted by molar-refractivity contribution is -0.152. The number of nitrogens with zero attached hydrogens (tertiary/aromatic N) is 1. The molecule has 0 aromatic rings. The maximum atomic E-state index is 11.8. The zero-order chi connectivity index (χ0) is 11.2. The second kappa shape index (κ2) is 3.22. The molecule has 2 amide bonds. The first-order chi connectivity index (χ1) is 6.94. The molecular weight excluding hydrogens is 192 g/mol. The van der Waals surface area contributed by atoms with Gasteiger partial charge in [-0.3, -0.25) is 9.59 Å². The Labute approximate surface area is 90.0 Å². The summed E-state index contributed by atoms with van der Waals surface area (Å²) < 4.78 is 0. The summed E-state index contributed by atoms with van der Waals surface area (Å²) in [6.07, 6.45) is 2.34. The highest BCUT2D eigenvalue weighted by Gasteiger charge is 2.48. The summed E-state index contributed by atoms with van der Waals surface area (Å²) in [5, 5.41) is 2.61. The van der Waals surface area contributed by atoms with Crippen LogP contribution in [0.25, 0.3) is 0 Å². The van der Waals surface area contributed by atoms with Crippen molar-refractivity contribution in [2.75, 3.05) is 6.54 Å². The first-order valence-corrected chi connectivity index (χ1v) is 5.54. The summed E-state index contributed by atoms with van der Waals surface area (Å²) in [5.74, 6) is 0.567. The van der Waals surface area contributed by atoms with E-state index in [1.807, 2.05) is 0 Å². The van der Waals surface area contributed by atoms with E-state index in [0.717, 1.165) is 0 Å². The van der Waals surface area contributed by atoms with Gasteiger partial charge in [0.1, 0.15) is 6.04 Å². The normalized spacial score (nSPS) is 27.9. The second-order valence-corrected chi connectivity index (χ2v) is 5.09. The van der Waals surface area contributed by atoms with Crippen molar-refractivity contribution in [2.24, 2.45) is 5.92 Å². The van der Waals surface area contributed by atoms with Gasteiger partial charge in [-0.15, -0.1) is 0 Å². The van der Waals surface area contributed by atoms with E-state index >= 15 is 0 Å². The molecule has 4 heteroatoms. The molecule has 1 atom stereocenters. The van der Waals surface area contributed by atoms with Crippen molar-refractivity contribution in [3.05, 3.63) is 0 Å². The largest absolute Gasteiger partial charge is 0.345 e. The van der Waals surface area contributed by atoms with E-state index in [-0.39, 0.29) is 29.9 Å². The number of carbonyl (C=O) groups excluding carboxylic acids is 2. The predicted octanol–water partition coefficient (Wildman–Crippen LogP) is 0.522. The monoisotopic (exact) mass is 210 g/mol. The Balaban J connectivity index is 2.23. The van der Waals surface area contributed by atoms with Gasteiger partial charge in [0.15, 0.2) is 0 Å². The first-order valence-electron chi connectivity index (χ1n) is 5.54. The number of rotatable bonds is 2. The molecule has 0 bridgehead atoms. The van der Waals surface area contributed by atoms with Crippen LogP contribution in [0.4, 0.5) is 0 Å². The van der Waals surface area contributed by atoms with Gasteiger partial charge in [-0.25, -0.2) is 0 Å². The van der Waals surface area contributed by atoms with E-state index in [4.69, 9.17) is 0 Å². The molecule has 1 aliphatic heterocycles. The summed E-state index contributed by atoms with van der Waals surface area (Å²) in [4.78, 5) is 25.1.